The highest BCUT2D eigenvalue weighted by atomic mass is 32.2. The molecule has 0 fully saturated rings. The minimum absolute atomic E-state index is 1.05. The van der Waals surface area contributed by atoms with Crippen LogP contribution in [0, 0.1) is 6.92 Å². The number of aryl methyl sites for hydroxylation is 2. The Labute approximate surface area is 88.3 Å². The van der Waals surface area contributed by atoms with Crippen molar-refractivity contribution in [3.8, 4) is 0 Å². The minimum atomic E-state index is 1.05. The number of rotatable bonds is 3. The first kappa shape index (κ1) is 9.59. The molecule has 0 N–H and O–H groups in total. The highest BCUT2D eigenvalue weighted by molar-refractivity contribution is 7.98. The van der Waals surface area contributed by atoms with Crippen molar-refractivity contribution in [2.75, 3.05) is 12.0 Å². The quantitative estimate of drug-likeness (QED) is 0.768. The van der Waals surface area contributed by atoms with Gasteiger partial charge in [0.2, 0.25) is 0 Å². The summed E-state index contributed by atoms with van der Waals surface area (Å²) in [4.78, 5) is 4.52. The molecule has 3 heteroatoms. The minimum Gasteiger partial charge on any atom is -0.327 e. The lowest BCUT2D eigenvalue weighted by Gasteiger charge is -2.04. The summed E-state index contributed by atoms with van der Waals surface area (Å²) in [6, 6.07) is 8.31. The fourth-order valence-corrected chi connectivity index (χ4v) is 2.03. The highest BCUT2D eigenvalue weighted by Crippen LogP contribution is 2.15. The van der Waals surface area contributed by atoms with Crippen LogP contribution in [0.4, 0.5) is 0 Å². The zero-order valence-corrected chi connectivity index (χ0v) is 9.34. The summed E-state index contributed by atoms with van der Waals surface area (Å²) in [5, 5.41) is 0. The van der Waals surface area contributed by atoms with Crippen molar-refractivity contribution in [2.45, 2.75) is 13.5 Å². The number of thioether (sulfide) groups is 1. The molecule has 2 nitrogen and oxygen atoms in total. The largest absolute Gasteiger partial charge is 0.327 e. The molecule has 1 aromatic carbocycles. The Morgan fingerprint density at radius 2 is 2.14 bits per heavy atom. The first-order valence-corrected chi connectivity index (χ1v) is 6.13. The fourth-order valence-electron chi connectivity index (χ4n) is 1.66. The second-order valence-electron chi connectivity index (χ2n) is 3.29. The summed E-state index contributed by atoms with van der Waals surface area (Å²) in [7, 11) is 0. The van der Waals surface area contributed by atoms with E-state index in [9.17, 15) is 0 Å². The molecule has 14 heavy (non-hydrogen) atoms. The predicted molar refractivity (Wildman–Crippen MR) is 62.9 cm³/mol. The van der Waals surface area contributed by atoms with Crippen LogP contribution in [0.3, 0.4) is 0 Å². The number of hydrogen-bond acceptors (Lipinski definition) is 2. The van der Waals surface area contributed by atoms with Crippen molar-refractivity contribution < 1.29 is 0 Å². The van der Waals surface area contributed by atoms with Gasteiger partial charge in [0.1, 0.15) is 5.82 Å². The van der Waals surface area contributed by atoms with E-state index < -0.39 is 0 Å². The first-order chi connectivity index (χ1) is 6.83. The first-order valence-electron chi connectivity index (χ1n) is 4.73. The van der Waals surface area contributed by atoms with Gasteiger partial charge in [-0.25, -0.2) is 4.98 Å². The number of fused-ring (bicyclic) bond motifs is 1. The van der Waals surface area contributed by atoms with E-state index in [0.29, 0.717) is 0 Å². The molecule has 2 aromatic rings. The van der Waals surface area contributed by atoms with Crippen LogP contribution in [-0.4, -0.2) is 21.6 Å². The van der Waals surface area contributed by atoms with Gasteiger partial charge in [-0.1, -0.05) is 12.1 Å². The van der Waals surface area contributed by atoms with E-state index in [1.165, 1.54) is 5.52 Å². The van der Waals surface area contributed by atoms with E-state index in [2.05, 4.69) is 40.9 Å². The normalized spacial score (nSPS) is 11.0. The van der Waals surface area contributed by atoms with E-state index in [1.54, 1.807) is 0 Å². The summed E-state index contributed by atoms with van der Waals surface area (Å²) in [6.07, 6.45) is 2.13. The second-order valence-corrected chi connectivity index (χ2v) is 4.28. The molecule has 0 unspecified atom stereocenters. The second kappa shape index (κ2) is 4.05. The molecule has 0 aliphatic carbocycles. The molecule has 0 atom stereocenters. The fraction of sp³-hybridized carbons (Fsp3) is 0.364. The summed E-state index contributed by atoms with van der Waals surface area (Å²) < 4.78 is 2.28. The Kier molecular flexibility index (Phi) is 2.77. The Hall–Kier alpha value is -0.960. The van der Waals surface area contributed by atoms with Gasteiger partial charge in [-0.3, -0.25) is 0 Å². The van der Waals surface area contributed by atoms with Crippen molar-refractivity contribution in [1.29, 1.82) is 0 Å². The van der Waals surface area contributed by atoms with Gasteiger partial charge < -0.3 is 4.57 Å². The summed E-state index contributed by atoms with van der Waals surface area (Å²) >= 11 is 1.87. The Morgan fingerprint density at radius 3 is 2.93 bits per heavy atom. The van der Waals surface area contributed by atoms with Crippen molar-refractivity contribution in [2.24, 2.45) is 0 Å². The molecule has 2 rings (SSSR count). The number of benzene rings is 1. The van der Waals surface area contributed by atoms with Crippen LogP contribution < -0.4 is 0 Å². The maximum atomic E-state index is 4.52. The Bertz CT molecular complexity index is 434. The van der Waals surface area contributed by atoms with Crippen molar-refractivity contribution in [3.63, 3.8) is 0 Å². The number of nitrogens with zero attached hydrogens (tertiary/aromatic N) is 2. The lowest BCUT2D eigenvalue weighted by atomic mass is 10.3. The highest BCUT2D eigenvalue weighted by Gasteiger charge is 2.04. The lowest BCUT2D eigenvalue weighted by Crippen LogP contribution is -2.02. The van der Waals surface area contributed by atoms with Gasteiger partial charge in [0.05, 0.1) is 11.0 Å². The molecule has 0 radical (unpaired) electrons. The number of imidazole rings is 1. The topological polar surface area (TPSA) is 17.8 Å². The average Bonchev–Trinajstić information content (AvgIpc) is 2.51. The van der Waals surface area contributed by atoms with Gasteiger partial charge in [0.25, 0.3) is 0 Å². The zero-order valence-electron chi connectivity index (χ0n) is 8.53. The lowest BCUT2D eigenvalue weighted by molar-refractivity contribution is 0.762. The number of aromatic nitrogens is 2. The summed E-state index contributed by atoms with van der Waals surface area (Å²) in [5.74, 6) is 2.25. The molecule has 0 aliphatic heterocycles. The van der Waals surface area contributed by atoms with Gasteiger partial charge >= 0.3 is 0 Å². The molecular formula is C11H14N2S. The van der Waals surface area contributed by atoms with Crippen LogP contribution in [0.1, 0.15) is 5.82 Å². The van der Waals surface area contributed by atoms with E-state index in [1.807, 2.05) is 17.8 Å². The standard InChI is InChI=1S/C11H14N2S/c1-9-12-10-5-3-4-6-11(10)13(9)7-8-14-2/h3-6H,7-8H2,1-2H3. The Morgan fingerprint density at radius 1 is 1.36 bits per heavy atom. The molecule has 0 amide bonds. The van der Waals surface area contributed by atoms with Gasteiger partial charge in [-0.2, -0.15) is 11.8 Å². The molecule has 74 valence electrons. The SMILES string of the molecule is CSCCn1c(C)nc2ccccc21. The number of para-hydroxylation sites is 2. The van der Waals surface area contributed by atoms with Crippen molar-refractivity contribution in [3.05, 3.63) is 30.1 Å². The van der Waals surface area contributed by atoms with E-state index in [0.717, 1.165) is 23.6 Å². The van der Waals surface area contributed by atoms with Crippen LogP contribution >= 0.6 is 11.8 Å². The van der Waals surface area contributed by atoms with Gasteiger partial charge in [0.15, 0.2) is 0 Å². The van der Waals surface area contributed by atoms with Crippen LogP contribution in [0.25, 0.3) is 11.0 Å². The molecular weight excluding hydrogens is 192 g/mol. The molecule has 0 spiro atoms. The Balaban J connectivity index is 2.45. The van der Waals surface area contributed by atoms with Gasteiger partial charge in [-0.15, -0.1) is 0 Å². The van der Waals surface area contributed by atoms with Gasteiger partial charge in [0, 0.05) is 12.3 Å². The van der Waals surface area contributed by atoms with Crippen LogP contribution in [0.2, 0.25) is 0 Å². The zero-order chi connectivity index (χ0) is 9.97. The van der Waals surface area contributed by atoms with Crippen LogP contribution in [0.5, 0.6) is 0 Å². The summed E-state index contributed by atoms with van der Waals surface area (Å²) in [6.45, 7) is 3.12. The molecule has 0 aliphatic rings. The average molecular weight is 206 g/mol. The third kappa shape index (κ3) is 1.64. The molecule has 0 saturated carbocycles. The van der Waals surface area contributed by atoms with E-state index in [-0.39, 0.29) is 0 Å². The monoisotopic (exact) mass is 206 g/mol. The van der Waals surface area contributed by atoms with E-state index in [4.69, 9.17) is 0 Å². The van der Waals surface area contributed by atoms with Crippen molar-refractivity contribution >= 4 is 22.8 Å². The predicted octanol–water partition coefficient (Wildman–Crippen LogP) is 2.71. The van der Waals surface area contributed by atoms with Crippen LogP contribution in [-0.2, 0) is 6.54 Å². The third-order valence-corrected chi connectivity index (χ3v) is 2.96. The van der Waals surface area contributed by atoms with Gasteiger partial charge in [-0.05, 0) is 25.3 Å². The third-order valence-electron chi connectivity index (χ3n) is 2.36. The maximum absolute atomic E-state index is 4.52. The van der Waals surface area contributed by atoms with Crippen molar-refractivity contribution in [1.82, 2.24) is 9.55 Å². The van der Waals surface area contributed by atoms with Crippen LogP contribution in [0.15, 0.2) is 24.3 Å². The molecule has 1 aromatic heterocycles. The molecule has 0 saturated heterocycles. The summed E-state index contributed by atoms with van der Waals surface area (Å²) in [5.41, 5.74) is 2.35. The maximum Gasteiger partial charge on any atom is 0.106 e. The number of hydrogen-bond donors (Lipinski definition) is 0. The molecule has 0 bridgehead atoms. The smallest absolute Gasteiger partial charge is 0.106 e. The molecule has 1 heterocycles. The van der Waals surface area contributed by atoms with E-state index >= 15 is 0 Å².